The quantitative estimate of drug-likeness (QED) is 0.699. The minimum atomic E-state index is 0. The summed E-state index contributed by atoms with van der Waals surface area (Å²) in [6, 6.07) is 19.8. The van der Waals surface area contributed by atoms with Crippen LogP contribution in [0.5, 0.6) is 0 Å². The van der Waals surface area contributed by atoms with Crippen LogP contribution in [0.4, 0.5) is 0 Å². The summed E-state index contributed by atoms with van der Waals surface area (Å²) < 4.78 is 0. The highest BCUT2D eigenvalue weighted by atomic mass is 35.5. The minimum Gasteiger partial charge on any atom is -0.396 e. The van der Waals surface area contributed by atoms with Gasteiger partial charge in [-0.3, -0.25) is 4.90 Å². The third kappa shape index (κ3) is 3.51. The monoisotopic (exact) mass is 356 g/mol. The molecule has 0 aliphatic carbocycles. The van der Waals surface area contributed by atoms with E-state index in [1.165, 1.54) is 27.1 Å². The molecule has 1 atom stereocenters. The van der Waals surface area contributed by atoms with Gasteiger partial charge in [-0.2, -0.15) is 0 Å². The fourth-order valence-corrected chi connectivity index (χ4v) is 4.03. The van der Waals surface area contributed by atoms with Crippen LogP contribution in [0.2, 0.25) is 0 Å². The normalized spacial score (nSPS) is 16.7. The summed E-state index contributed by atoms with van der Waals surface area (Å²) >= 11 is 0. The molecule has 2 N–H and O–H groups in total. The molecule has 0 spiro atoms. The van der Waals surface area contributed by atoms with E-state index in [0.29, 0.717) is 0 Å². The second-order valence-electron chi connectivity index (χ2n) is 6.55. The first-order valence-electron chi connectivity index (χ1n) is 8.84. The van der Waals surface area contributed by atoms with Crippen molar-refractivity contribution >= 4 is 34.0 Å². The second kappa shape index (κ2) is 8.15. The number of hydrogen-bond acceptors (Lipinski definition) is 3. The molecule has 132 valence electrons. The van der Waals surface area contributed by atoms with Gasteiger partial charge in [-0.1, -0.05) is 48.5 Å². The molecule has 1 aliphatic heterocycles. The average Bonchev–Trinajstić information content (AvgIpc) is 2.65. The minimum absolute atomic E-state index is 0. The lowest BCUT2D eigenvalue weighted by Gasteiger charge is -2.36. The van der Waals surface area contributed by atoms with Gasteiger partial charge in [0, 0.05) is 38.8 Å². The molecule has 25 heavy (non-hydrogen) atoms. The number of nitrogens with zero attached hydrogens (tertiary/aromatic N) is 1. The molecule has 1 fully saturated rings. The van der Waals surface area contributed by atoms with Crippen LogP contribution in [-0.2, 0) is 0 Å². The number of nitrogens with one attached hydrogen (secondary N) is 1. The predicted molar refractivity (Wildman–Crippen MR) is 108 cm³/mol. The van der Waals surface area contributed by atoms with E-state index in [1.807, 2.05) is 0 Å². The molecule has 0 amide bonds. The van der Waals surface area contributed by atoms with Crippen LogP contribution in [0.1, 0.15) is 18.0 Å². The fourth-order valence-electron chi connectivity index (χ4n) is 4.03. The van der Waals surface area contributed by atoms with E-state index >= 15 is 0 Å². The summed E-state index contributed by atoms with van der Waals surface area (Å²) in [7, 11) is 0. The molecule has 1 aliphatic rings. The highest BCUT2D eigenvalue weighted by Gasteiger charge is 2.25. The predicted octanol–water partition coefficient (Wildman–Crippen LogP) is 3.74. The zero-order valence-electron chi connectivity index (χ0n) is 14.3. The lowest BCUT2D eigenvalue weighted by molar-refractivity contribution is 0.143. The van der Waals surface area contributed by atoms with Gasteiger partial charge in [0.25, 0.3) is 0 Å². The van der Waals surface area contributed by atoms with E-state index in [4.69, 9.17) is 0 Å². The Kier molecular flexibility index (Phi) is 5.92. The molecule has 4 heteroatoms. The Morgan fingerprint density at radius 3 is 2.04 bits per heavy atom. The van der Waals surface area contributed by atoms with E-state index in [1.54, 1.807) is 0 Å². The number of aliphatic hydroxyl groups excluding tert-OH is 1. The number of fused-ring (bicyclic) bond motifs is 2. The topological polar surface area (TPSA) is 35.5 Å². The Morgan fingerprint density at radius 1 is 0.920 bits per heavy atom. The van der Waals surface area contributed by atoms with Crippen molar-refractivity contribution in [1.29, 1.82) is 0 Å². The van der Waals surface area contributed by atoms with Crippen molar-refractivity contribution in [1.82, 2.24) is 10.2 Å². The Morgan fingerprint density at radius 2 is 1.48 bits per heavy atom. The van der Waals surface area contributed by atoms with E-state index in [-0.39, 0.29) is 25.1 Å². The third-order valence-corrected chi connectivity index (χ3v) is 5.14. The Bertz CT molecular complexity index is 792. The zero-order chi connectivity index (χ0) is 16.4. The number of benzene rings is 3. The van der Waals surface area contributed by atoms with E-state index in [9.17, 15) is 5.11 Å². The molecule has 0 unspecified atom stereocenters. The van der Waals surface area contributed by atoms with Crippen LogP contribution in [0.15, 0.2) is 54.6 Å². The van der Waals surface area contributed by atoms with Crippen molar-refractivity contribution in [3.05, 3.63) is 60.2 Å². The van der Waals surface area contributed by atoms with Gasteiger partial charge in [-0.15, -0.1) is 12.4 Å². The molecule has 0 radical (unpaired) electrons. The molecule has 1 heterocycles. The van der Waals surface area contributed by atoms with Crippen molar-refractivity contribution < 1.29 is 5.11 Å². The molecule has 0 bridgehead atoms. The molecule has 0 aromatic heterocycles. The van der Waals surface area contributed by atoms with Crippen LogP contribution in [0.3, 0.4) is 0 Å². The summed E-state index contributed by atoms with van der Waals surface area (Å²) in [4.78, 5) is 2.53. The van der Waals surface area contributed by atoms with Gasteiger partial charge >= 0.3 is 0 Å². The van der Waals surface area contributed by atoms with Crippen molar-refractivity contribution in [3.8, 4) is 0 Å². The standard InChI is InChI=1S/C21H24N2O.ClH/c24-14-9-20(23-12-10-22-11-13-23)21-18-7-3-1-5-16(18)15-17-6-2-4-8-19(17)21;/h1-8,15,20,22,24H,9-14H2;1H/t20-;/m1./s1. The first kappa shape index (κ1) is 18.2. The molecule has 4 rings (SSSR count). The second-order valence-corrected chi connectivity index (χ2v) is 6.55. The smallest absolute Gasteiger partial charge is 0.0449 e. The molecule has 3 aromatic carbocycles. The molecular weight excluding hydrogens is 332 g/mol. The molecule has 3 nitrogen and oxygen atoms in total. The van der Waals surface area contributed by atoms with Crippen molar-refractivity contribution in [2.45, 2.75) is 12.5 Å². The maximum absolute atomic E-state index is 9.73. The summed E-state index contributed by atoms with van der Waals surface area (Å²) in [5, 5.41) is 18.4. The Balaban J connectivity index is 0.00000182. The number of rotatable bonds is 4. The van der Waals surface area contributed by atoms with Crippen molar-refractivity contribution in [2.24, 2.45) is 0 Å². The number of hydrogen-bond donors (Lipinski definition) is 2. The first-order valence-corrected chi connectivity index (χ1v) is 8.84. The van der Waals surface area contributed by atoms with Crippen molar-refractivity contribution in [3.63, 3.8) is 0 Å². The fraction of sp³-hybridized carbons (Fsp3) is 0.333. The molecular formula is C21H25ClN2O. The van der Waals surface area contributed by atoms with Gasteiger partial charge in [-0.25, -0.2) is 0 Å². The largest absolute Gasteiger partial charge is 0.396 e. The third-order valence-electron chi connectivity index (χ3n) is 5.14. The summed E-state index contributed by atoms with van der Waals surface area (Å²) in [6.45, 7) is 4.31. The SMILES string of the molecule is Cl.OCC[C@H](c1c2ccccc2cc2ccccc12)N1CCNCC1. The Hall–Kier alpha value is -1.65. The van der Waals surface area contributed by atoms with Crippen LogP contribution in [0, 0.1) is 0 Å². The average molecular weight is 357 g/mol. The van der Waals surface area contributed by atoms with Crippen LogP contribution in [0.25, 0.3) is 21.5 Å². The molecule has 3 aromatic rings. The van der Waals surface area contributed by atoms with E-state index in [0.717, 1.165) is 32.6 Å². The number of aliphatic hydroxyl groups is 1. The summed E-state index contributed by atoms with van der Waals surface area (Å²) in [5.74, 6) is 0. The highest BCUT2D eigenvalue weighted by molar-refractivity contribution is 6.02. The zero-order valence-corrected chi connectivity index (χ0v) is 15.1. The van der Waals surface area contributed by atoms with Crippen molar-refractivity contribution in [2.75, 3.05) is 32.8 Å². The van der Waals surface area contributed by atoms with Gasteiger partial charge in [0.05, 0.1) is 0 Å². The molecule has 1 saturated heterocycles. The van der Waals surface area contributed by atoms with Gasteiger partial charge in [-0.05, 0) is 39.6 Å². The number of piperazine rings is 1. The van der Waals surface area contributed by atoms with E-state index < -0.39 is 0 Å². The lowest BCUT2D eigenvalue weighted by Crippen LogP contribution is -2.45. The lowest BCUT2D eigenvalue weighted by atomic mass is 9.90. The first-order chi connectivity index (χ1) is 11.9. The van der Waals surface area contributed by atoms with Gasteiger partial charge in [0.15, 0.2) is 0 Å². The van der Waals surface area contributed by atoms with Crippen LogP contribution in [-0.4, -0.2) is 42.8 Å². The van der Waals surface area contributed by atoms with Gasteiger partial charge in [0.1, 0.15) is 0 Å². The summed E-state index contributed by atoms with van der Waals surface area (Å²) in [6.07, 6.45) is 0.776. The summed E-state index contributed by atoms with van der Waals surface area (Å²) in [5.41, 5.74) is 1.37. The maximum atomic E-state index is 9.73. The van der Waals surface area contributed by atoms with Gasteiger partial charge < -0.3 is 10.4 Å². The Labute approximate surface area is 155 Å². The molecule has 0 saturated carbocycles. The maximum Gasteiger partial charge on any atom is 0.0449 e. The van der Waals surface area contributed by atoms with Crippen LogP contribution < -0.4 is 5.32 Å². The highest BCUT2D eigenvalue weighted by Crippen LogP contribution is 2.37. The van der Waals surface area contributed by atoms with Crippen LogP contribution >= 0.6 is 12.4 Å². The van der Waals surface area contributed by atoms with E-state index in [2.05, 4.69) is 64.8 Å². The number of halogens is 1. The van der Waals surface area contributed by atoms with Gasteiger partial charge in [0.2, 0.25) is 0 Å².